The summed E-state index contributed by atoms with van der Waals surface area (Å²) >= 11 is 0. The standard InChI is InChI=1S/C11H14O3S/c1-8(2)10-4-6-11(7-5-10)15(13,14)9(3)12/h4-8H,1-3H3. The molecular formula is C11H14O3S. The van der Waals surface area contributed by atoms with E-state index >= 15 is 0 Å². The fourth-order valence-corrected chi connectivity index (χ4v) is 2.02. The van der Waals surface area contributed by atoms with Crippen molar-refractivity contribution in [3.05, 3.63) is 29.8 Å². The molecule has 0 heterocycles. The molecule has 0 aliphatic rings. The molecule has 15 heavy (non-hydrogen) atoms. The van der Waals surface area contributed by atoms with Crippen LogP contribution in [0.1, 0.15) is 32.3 Å². The highest BCUT2D eigenvalue weighted by atomic mass is 32.2. The lowest BCUT2D eigenvalue weighted by molar-refractivity contribution is -0.109. The Morgan fingerprint density at radius 3 is 1.93 bits per heavy atom. The maximum atomic E-state index is 11.5. The Morgan fingerprint density at radius 1 is 1.13 bits per heavy atom. The van der Waals surface area contributed by atoms with Gasteiger partial charge in [0.15, 0.2) is 0 Å². The first-order chi connectivity index (χ1) is 6.85. The molecule has 0 saturated heterocycles. The molecule has 1 rings (SSSR count). The summed E-state index contributed by atoms with van der Waals surface area (Å²) in [6.45, 7) is 5.11. The Morgan fingerprint density at radius 2 is 1.60 bits per heavy atom. The molecule has 0 atom stereocenters. The normalized spacial score (nSPS) is 11.7. The molecule has 0 radical (unpaired) electrons. The topological polar surface area (TPSA) is 51.2 Å². The monoisotopic (exact) mass is 226 g/mol. The van der Waals surface area contributed by atoms with Crippen molar-refractivity contribution in [2.75, 3.05) is 0 Å². The Bertz CT molecular complexity index is 455. The highest BCUT2D eigenvalue weighted by molar-refractivity contribution is 8.06. The van der Waals surface area contributed by atoms with E-state index in [2.05, 4.69) is 0 Å². The van der Waals surface area contributed by atoms with Crippen LogP contribution in [0.5, 0.6) is 0 Å². The van der Waals surface area contributed by atoms with E-state index in [4.69, 9.17) is 0 Å². The largest absolute Gasteiger partial charge is 0.282 e. The molecule has 0 aromatic heterocycles. The lowest BCUT2D eigenvalue weighted by atomic mass is 10.0. The third-order valence-electron chi connectivity index (χ3n) is 2.24. The van der Waals surface area contributed by atoms with Crippen molar-refractivity contribution in [2.45, 2.75) is 31.6 Å². The Kier molecular flexibility index (Phi) is 3.29. The first kappa shape index (κ1) is 11.9. The van der Waals surface area contributed by atoms with E-state index in [1.807, 2.05) is 13.8 Å². The second-order valence-electron chi connectivity index (χ2n) is 3.72. The molecule has 0 bridgehead atoms. The summed E-state index contributed by atoms with van der Waals surface area (Å²) in [5, 5.41) is -0.820. The molecule has 0 amide bonds. The van der Waals surface area contributed by atoms with Crippen LogP contribution in [0.15, 0.2) is 29.2 Å². The van der Waals surface area contributed by atoms with Gasteiger partial charge in [-0.25, -0.2) is 8.42 Å². The average Bonchev–Trinajstić information content (AvgIpc) is 2.17. The van der Waals surface area contributed by atoms with Crippen LogP contribution in [0.25, 0.3) is 0 Å². The number of carbonyl (C=O) groups is 1. The van der Waals surface area contributed by atoms with Crippen molar-refractivity contribution in [3.63, 3.8) is 0 Å². The fourth-order valence-electron chi connectivity index (χ4n) is 1.20. The van der Waals surface area contributed by atoms with Gasteiger partial charge in [-0.2, -0.15) is 0 Å². The van der Waals surface area contributed by atoms with Crippen molar-refractivity contribution in [1.29, 1.82) is 0 Å². The molecular weight excluding hydrogens is 212 g/mol. The van der Waals surface area contributed by atoms with Gasteiger partial charge in [0.2, 0.25) is 15.0 Å². The van der Waals surface area contributed by atoms with E-state index in [9.17, 15) is 13.2 Å². The Labute approximate surface area is 90.0 Å². The van der Waals surface area contributed by atoms with Crippen LogP contribution in [0.4, 0.5) is 0 Å². The summed E-state index contributed by atoms with van der Waals surface area (Å²) in [6, 6.07) is 6.43. The molecule has 0 spiro atoms. The van der Waals surface area contributed by atoms with Crippen molar-refractivity contribution < 1.29 is 13.2 Å². The summed E-state index contributed by atoms with van der Waals surface area (Å²) in [7, 11) is -3.76. The molecule has 0 aliphatic heterocycles. The fraction of sp³-hybridized carbons (Fsp3) is 0.364. The molecule has 0 N–H and O–H groups in total. The number of hydrogen-bond donors (Lipinski definition) is 0. The lowest BCUT2D eigenvalue weighted by Crippen LogP contribution is -2.10. The highest BCUT2D eigenvalue weighted by Gasteiger charge is 2.19. The molecule has 1 aromatic rings. The molecule has 0 unspecified atom stereocenters. The van der Waals surface area contributed by atoms with Crippen molar-refractivity contribution in [2.24, 2.45) is 0 Å². The van der Waals surface area contributed by atoms with E-state index in [1.165, 1.54) is 12.1 Å². The zero-order valence-electron chi connectivity index (χ0n) is 9.02. The Balaban J connectivity index is 3.16. The van der Waals surface area contributed by atoms with Gasteiger partial charge in [0, 0.05) is 6.92 Å². The third-order valence-corrected chi connectivity index (χ3v) is 3.89. The second-order valence-corrected chi connectivity index (χ2v) is 5.77. The molecule has 0 saturated carbocycles. The number of sulfone groups is 1. The van der Waals surface area contributed by atoms with E-state index in [1.54, 1.807) is 12.1 Å². The number of hydrogen-bond acceptors (Lipinski definition) is 3. The van der Waals surface area contributed by atoms with Gasteiger partial charge in [-0.1, -0.05) is 26.0 Å². The van der Waals surface area contributed by atoms with Crippen LogP contribution in [0.2, 0.25) is 0 Å². The van der Waals surface area contributed by atoms with Gasteiger partial charge < -0.3 is 0 Å². The van der Waals surface area contributed by atoms with Gasteiger partial charge in [-0.3, -0.25) is 4.79 Å². The van der Waals surface area contributed by atoms with Crippen molar-refractivity contribution in [1.82, 2.24) is 0 Å². The van der Waals surface area contributed by atoms with E-state index in [0.29, 0.717) is 5.92 Å². The molecule has 3 nitrogen and oxygen atoms in total. The first-order valence-electron chi connectivity index (χ1n) is 4.71. The minimum absolute atomic E-state index is 0.0689. The first-order valence-corrected chi connectivity index (χ1v) is 6.19. The quantitative estimate of drug-likeness (QED) is 0.776. The van der Waals surface area contributed by atoms with Crippen molar-refractivity contribution in [3.8, 4) is 0 Å². The van der Waals surface area contributed by atoms with Crippen LogP contribution in [-0.2, 0) is 14.6 Å². The van der Waals surface area contributed by atoms with Crippen LogP contribution in [-0.4, -0.2) is 13.5 Å². The molecule has 0 fully saturated rings. The SMILES string of the molecule is CC(=O)S(=O)(=O)c1ccc(C(C)C)cc1. The van der Waals surface area contributed by atoms with Crippen molar-refractivity contribution >= 4 is 15.0 Å². The number of rotatable bonds is 2. The summed E-state index contributed by atoms with van der Waals surface area (Å²) in [5.74, 6) is 0.346. The summed E-state index contributed by atoms with van der Waals surface area (Å²) in [6.07, 6.45) is 0. The van der Waals surface area contributed by atoms with Gasteiger partial charge >= 0.3 is 0 Å². The number of benzene rings is 1. The summed E-state index contributed by atoms with van der Waals surface area (Å²) < 4.78 is 22.9. The van der Waals surface area contributed by atoms with Gasteiger partial charge in [0.05, 0.1) is 4.90 Å². The van der Waals surface area contributed by atoms with Crippen LogP contribution >= 0.6 is 0 Å². The third kappa shape index (κ3) is 2.45. The molecule has 1 aromatic carbocycles. The zero-order valence-corrected chi connectivity index (χ0v) is 9.84. The highest BCUT2D eigenvalue weighted by Crippen LogP contribution is 2.18. The maximum absolute atomic E-state index is 11.5. The van der Waals surface area contributed by atoms with Gasteiger partial charge in [0.25, 0.3) is 0 Å². The van der Waals surface area contributed by atoms with E-state index in [-0.39, 0.29) is 4.90 Å². The smallest absolute Gasteiger partial charge is 0.248 e. The maximum Gasteiger partial charge on any atom is 0.248 e. The van der Waals surface area contributed by atoms with Gasteiger partial charge in [0.1, 0.15) is 0 Å². The predicted molar refractivity (Wildman–Crippen MR) is 58.4 cm³/mol. The summed E-state index contributed by atoms with van der Waals surface area (Å²) in [4.78, 5) is 11.0. The lowest BCUT2D eigenvalue weighted by Gasteiger charge is -2.06. The minimum Gasteiger partial charge on any atom is -0.282 e. The van der Waals surface area contributed by atoms with Crippen LogP contribution < -0.4 is 0 Å². The predicted octanol–water partition coefficient (Wildman–Crippen LogP) is 2.13. The number of carbonyl (C=O) groups excluding carboxylic acids is 1. The van der Waals surface area contributed by atoms with Gasteiger partial charge in [-0.15, -0.1) is 0 Å². The average molecular weight is 226 g/mol. The van der Waals surface area contributed by atoms with E-state index < -0.39 is 15.0 Å². The van der Waals surface area contributed by atoms with E-state index in [0.717, 1.165) is 12.5 Å². The molecule has 4 heteroatoms. The molecule has 0 aliphatic carbocycles. The molecule has 82 valence electrons. The Hall–Kier alpha value is -1.16. The minimum atomic E-state index is -3.76. The summed E-state index contributed by atoms with van der Waals surface area (Å²) in [5.41, 5.74) is 1.05. The zero-order chi connectivity index (χ0) is 11.6. The van der Waals surface area contributed by atoms with Crippen LogP contribution in [0.3, 0.4) is 0 Å². The van der Waals surface area contributed by atoms with Crippen LogP contribution in [0, 0.1) is 0 Å². The second kappa shape index (κ2) is 4.14. The van der Waals surface area contributed by atoms with Gasteiger partial charge in [-0.05, 0) is 23.6 Å².